The highest BCUT2D eigenvalue weighted by atomic mass is 79.9. The SMILES string of the molecule is B/C(Br)=C/C1CCN(c2ccc(C(F)(F)F)cn2)CC1. The Kier molecular flexibility index (Phi) is 4.78. The maximum absolute atomic E-state index is 12.5. The second kappa shape index (κ2) is 6.20. The molecule has 1 saturated heterocycles. The summed E-state index contributed by atoms with van der Waals surface area (Å²) in [5.41, 5.74) is -0.700. The van der Waals surface area contributed by atoms with E-state index in [0.29, 0.717) is 11.7 Å². The molecule has 0 amide bonds. The number of pyridine rings is 1. The summed E-state index contributed by atoms with van der Waals surface area (Å²) in [5.74, 6) is 1.15. The average Bonchev–Trinajstić information content (AvgIpc) is 2.38. The van der Waals surface area contributed by atoms with Gasteiger partial charge in [-0.3, -0.25) is 0 Å². The predicted molar refractivity (Wildman–Crippen MR) is 79.7 cm³/mol. The van der Waals surface area contributed by atoms with Gasteiger partial charge in [-0.25, -0.2) is 4.98 Å². The quantitative estimate of drug-likeness (QED) is 0.764. The minimum absolute atomic E-state index is 0.528. The van der Waals surface area contributed by atoms with E-state index in [-0.39, 0.29) is 0 Å². The summed E-state index contributed by atoms with van der Waals surface area (Å²) >= 11 is 3.43. The summed E-state index contributed by atoms with van der Waals surface area (Å²) < 4.78 is 38.5. The van der Waals surface area contributed by atoms with Gasteiger partial charge in [-0.2, -0.15) is 13.2 Å². The maximum Gasteiger partial charge on any atom is 0.417 e. The fourth-order valence-electron chi connectivity index (χ4n) is 2.36. The number of halogens is 4. The molecule has 1 aromatic heterocycles. The van der Waals surface area contributed by atoms with Crippen LogP contribution in [0.3, 0.4) is 0 Å². The van der Waals surface area contributed by atoms with Crippen molar-refractivity contribution in [2.45, 2.75) is 19.0 Å². The Bertz CT molecular complexity index is 475. The molecule has 1 aromatic rings. The van der Waals surface area contributed by atoms with Crippen molar-refractivity contribution in [3.63, 3.8) is 0 Å². The van der Waals surface area contributed by atoms with Crippen LogP contribution in [0.2, 0.25) is 0 Å². The van der Waals surface area contributed by atoms with E-state index < -0.39 is 11.7 Å². The van der Waals surface area contributed by atoms with E-state index >= 15 is 0 Å². The molecule has 0 spiro atoms. The number of hydrogen-bond acceptors (Lipinski definition) is 2. The molecular formula is C13H15BBrF3N2. The third kappa shape index (κ3) is 4.01. The van der Waals surface area contributed by atoms with Crippen LogP contribution in [0.15, 0.2) is 28.8 Å². The molecule has 1 aliphatic rings. The van der Waals surface area contributed by atoms with Crippen LogP contribution >= 0.6 is 15.9 Å². The van der Waals surface area contributed by atoms with Gasteiger partial charge in [0.15, 0.2) is 0 Å². The van der Waals surface area contributed by atoms with E-state index in [2.05, 4.69) is 27.0 Å². The fraction of sp³-hybridized carbons (Fsp3) is 0.462. The molecule has 0 unspecified atom stereocenters. The van der Waals surface area contributed by atoms with Crippen LogP contribution in [0.5, 0.6) is 0 Å². The lowest BCUT2D eigenvalue weighted by molar-refractivity contribution is -0.137. The summed E-state index contributed by atoms with van der Waals surface area (Å²) in [7, 11) is 2.00. The molecule has 2 rings (SSSR count). The normalized spacial score (nSPS) is 18.4. The number of piperidine rings is 1. The van der Waals surface area contributed by atoms with Crippen LogP contribution in [0.1, 0.15) is 18.4 Å². The lowest BCUT2D eigenvalue weighted by Gasteiger charge is -2.31. The minimum Gasteiger partial charge on any atom is -0.357 e. The van der Waals surface area contributed by atoms with Gasteiger partial charge in [0.25, 0.3) is 0 Å². The van der Waals surface area contributed by atoms with Crippen LogP contribution < -0.4 is 4.90 Å². The number of allylic oxidation sites excluding steroid dienone is 1. The molecule has 0 radical (unpaired) electrons. The molecular weight excluding hydrogens is 332 g/mol. The summed E-state index contributed by atoms with van der Waals surface area (Å²) in [5, 5.41) is 0. The van der Waals surface area contributed by atoms with E-state index in [1.54, 1.807) is 0 Å². The van der Waals surface area contributed by atoms with E-state index in [0.717, 1.165) is 42.6 Å². The zero-order valence-corrected chi connectivity index (χ0v) is 12.7. The highest BCUT2D eigenvalue weighted by Crippen LogP contribution is 2.30. The van der Waals surface area contributed by atoms with Gasteiger partial charge in [0.2, 0.25) is 0 Å². The van der Waals surface area contributed by atoms with E-state index in [9.17, 15) is 13.2 Å². The Labute approximate surface area is 125 Å². The molecule has 0 saturated carbocycles. The lowest BCUT2D eigenvalue weighted by atomic mass is 9.94. The van der Waals surface area contributed by atoms with Gasteiger partial charge in [-0.15, -0.1) is 0 Å². The van der Waals surface area contributed by atoms with Crippen molar-refractivity contribution in [2.24, 2.45) is 5.92 Å². The van der Waals surface area contributed by atoms with Crippen molar-refractivity contribution in [3.8, 4) is 0 Å². The molecule has 1 aliphatic heterocycles. The molecule has 0 aromatic carbocycles. The minimum atomic E-state index is -4.32. The molecule has 20 heavy (non-hydrogen) atoms. The molecule has 7 heteroatoms. The lowest BCUT2D eigenvalue weighted by Crippen LogP contribution is -2.33. The highest BCUT2D eigenvalue weighted by molar-refractivity contribution is 9.12. The average molecular weight is 347 g/mol. The van der Waals surface area contributed by atoms with Crippen molar-refractivity contribution in [1.29, 1.82) is 0 Å². The second-order valence-corrected chi connectivity index (χ2v) is 6.23. The van der Waals surface area contributed by atoms with Crippen molar-refractivity contribution in [3.05, 3.63) is 34.4 Å². The smallest absolute Gasteiger partial charge is 0.357 e. The van der Waals surface area contributed by atoms with Crippen molar-refractivity contribution >= 4 is 29.6 Å². The van der Waals surface area contributed by atoms with Crippen LogP contribution in [0.25, 0.3) is 0 Å². The number of hydrogen-bond donors (Lipinski definition) is 0. The van der Waals surface area contributed by atoms with Gasteiger partial charge in [-0.05, 0) is 30.9 Å². The molecule has 0 N–H and O–H groups in total. The molecule has 108 valence electrons. The van der Waals surface area contributed by atoms with Gasteiger partial charge in [0.1, 0.15) is 13.7 Å². The predicted octanol–water partition coefficient (Wildman–Crippen LogP) is 3.19. The third-order valence-corrected chi connectivity index (χ3v) is 3.67. The largest absolute Gasteiger partial charge is 0.417 e. The Hall–Kier alpha value is -0.975. The first-order chi connectivity index (χ1) is 9.36. The first-order valence-corrected chi connectivity index (χ1v) is 7.27. The standard InChI is InChI=1S/C13H15BBrF3N2/c14-11(15)7-9-3-5-20(6-4-9)12-2-1-10(8-19-12)13(16,17)18/h1-2,7-9H,3-6,14H2/b11-7-. The Morgan fingerprint density at radius 1 is 1.35 bits per heavy atom. The zero-order valence-electron chi connectivity index (χ0n) is 11.1. The molecule has 1 fully saturated rings. The summed E-state index contributed by atoms with van der Waals surface area (Å²) in [4.78, 5) is 5.97. The van der Waals surface area contributed by atoms with Crippen molar-refractivity contribution in [2.75, 3.05) is 18.0 Å². The first-order valence-electron chi connectivity index (χ1n) is 6.48. The zero-order chi connectivity index (χ0) is 14.8. The third-order valence-electron chi connectivity index (χ3n) is 3.40. The molecule has 2 nitrogen and oxygen atoms in total. The summed E-state index contributed by atoms with van der Waals surface area (Å²) in [6.07, 6.45) is 0.759. The van der Waals surface area contributed by atoms with Gasteiger partial charge < -0.3 is 4.90 Å². The molecule has 0 bridgehead atoms. The monoisotopic (exact) mass is 346 g/mol. The number of anilines is 1. The summed E-state index contributed by atoms with van der Waals surface area (Å²) in [6, 6.07) is 2.55. The molecule has 0 atom stereocenters. The first kappa shape index (κ1) is 15.4. The van der Waals surface area contributed by atoms with Crippen LogP contribution in [-0.2, 0) is 6.18 Å². The van der Waals surface area contributed by atoms with Gasteiger partial charge >= 0.3 is 6.18 Å². The summed E-state index contributed by atoms with van der Waals surface area (Å²) in [6.45, 7) is 1.64. The Morgan fingerprint density at radius 2 is 2.00 bits per heavy atom. The fourth-order valence-corrected chi connectivity index (χ4v) is 2.73. The van der Waals surface area contributed by atoms with Gasteiger partial charge in [0, 0.05) is 19.3 Å². The number of rotatable bonds is 2. The van der Waals surface area contributed by atoms with Crippen LogP contribution in [-0.4, -0.2) is 25.9 Å². The van der Waals surface area contributed by atoms with Gasteiger partial charge in [0.05, 0.1) is 5.56 Å². The Morgan fingerprint density at radius 3 is 2.45 bits per heavy atom. The van der Waals surface area contributed by atoms with E-state index in [1.165, 1.54) is 6.07 Å². The highest BCUT2D eigenvalue weighted by Gasteiger charge is 2.31. The maximum atomic E-state index is 12.5. The van der Waals surface area contributed by atoms with Crippen LogP contribution in [0.4, 0.5) is 19.0 Å². The molecule has 0 aliphatic carbocycles. The van der Waals surface area contributed by atoms with Crippen molar-refractivity contribution in [1.82, 2.24) is 4.98 Å². The van der Waals surface area contributed by atoms with E-state index in [1.807, 2.05) is 12.7 Å². The topological polar surface area (TPSA) is 16.1 Å². The number of nitrogens with zero attached hydrogens (tertiary/aromatic N) is 2. The Balaban J connectivity index is 1.99. The van der Waals surface area contributed by atoms with E-state index in [4.69, 9.17) is 0 Å². The molecule has 2 heterocycles. The second-order valence-electron chi connectivity index (χ2n) is 4.98. The number of aromatic nitrogens is 1. The van der Waals surface area contributed by atoms with Gasteiger partial charge in [-0.1, -0.05) is 26.4 Å². The van der Waals surface area contributed by atoms with Crippen LogP contribution in [0, 0.1) is 5.92 Å². The van der Waals surface area contributed by atoms with Crippen molar-refractivity contribution < 1.29 is 13.2 Å². The number of alkyl halides is 3.